The van der Waals surface area contributed by atoms with Gasteiger partial charge >= 0.3 is 0 Å². The van der Waals surface area contributed by atoms with Gasteiger partial charge in [-0.15, -0.1) is 11.3 Å². The van der Waals surface area contributed by atoms with Gasteiger partial charge in [-0.05, 0) is 42.7 Å². The van der Waals surface area contributed by atoms with Crippen molar-refractivity contribution in [2.45, 2.75) is 29.4 Å². The number of benzene rings is 2. The predicted molar refractivity (Wildman–Crippen MR) is 133 cm³/mol. The number of piperidine rings is 1. The molecule has 0 spiro atoms. The number of hydrogen-bond donors (Lipinski definition) is 0. The standard InChI is InChI=1S/C23H24Cl2N2O4S2/c1-30-21-6-4-18(13-22(21)31-2)33(28,29)17-7-9-27(10-8-17)23-26-16(14-32-23)11-15-3-5-19(24)20(25)12-15/h3-6,12-14,17H,7-11H2,1-2H3. The molecule has 0 N–H and O–H groups in total. The highest BCUT2D eigenvalue weighted by Crippen LogP contribution is 2.34. The fraction of sp³-hybridized carbons (Fsp3) is 0.348. The summed E-state index contributed by atoms with van der Waals surface area (Å²) in [5.41, 5.74) is 1.99. The summed E-state index contributed by atoms with van der Waals surface area (Å²) in [7, 11) is -0.450. The lowest BCUT2D eigenvalue weighted by atomic mass is 10.1. The van der Waals surface area contributed by atoms with Gasteiger partial charge in [0.1, 0.15) is 0 Å². The van der Waals surface area contributed by atoms with Crippen molar-refractivity contribution in [3.05, 3.63) is 63.1 Å². The van der Waals surface area contributed by atoms with Gasteiger partial charge in [0.2, 0.25) is 0 Å². The predicted octanol–water partition coefficient (Wildman–Crippen LogP) is 5.50. The maximum Gasteiger partial charge on any atom is 0.185 e. The van der Waals surface area contributed by atoms with Gasteiger partial charge in [-0.25, -0.2) is 13.4 Å². The highest BCUT2D eigenvalue weighted by molar-refractivity contribution is 7.92. The first-order valence-corrected chi connectivity index (χ1v) is 13.6. The van der Waals surface area contributed by atoms with E-state index < -0.39 is 15.1 Å². The van der Waals surface area contributed by atoms with E-state index in [9.17, 15) is 8.42 Å². The molecular weight excluding hydrogens is 503 g/mol. The third-order valence-corrected chi connectivity index (χ3v) is 9.69. The van der Waals surface area contributed by atoms with Crippen LogP contribution in [0.3, 0.4) is 0 Å². The number of nitrogens with zero attached hydrogens (tertiary/aromatic N) is 2. The number of anilines is 1. The summed E-state index contributed by atoms with van der Waals surface area (Å²) in [6.45, 7) is 1.27. The fourth-order valence-electron chi connectivity index (χ4n) is 3.92. The van der Waals surface area contributed by atoms with E-state index in [2.05, 4.69) is 4.90 Å². The Morgan fingerprint density at radius 2 is 1.76 bits per heavy atom. The van der Waals surface area contributed by atoms with Gasteiger partial charge in [0, 0.05) is 31.0 Å². The van der Waals surface area contributed by atoms with Crippen LogP contribution in [-0.4, -0.2) is 46.0 Å². The molecule has 0 amide bonds. The maximum absolute atomic E-state index is 13.2. The second-order valence-corrected chi connectivity index (χ2v) is 11.7. The molecule has 10 heteroatoms. The highest BCUT2D eigenvalue weighted by Gasteiger charge is 2.32. The fourth-order valence-corrected chi connectivity index (χ4v) is 6.87. The van der Waals surface area contributed by atoms with Crippen molar-refractivity contribution in [2.75, 3.05) is 32.2 Å². The minimum atomic E-state index is -3.47. The van der Waals surface area contributed by atoms with Crippen LogP contribution in [0, 0.1) is 0 Å². The van der Waals surface area contributed by atoms with E-state index in [1.54, 1.807) is 29.5 Å². The Labute approximate surface area is 208 Å². The Morgan fingerprint density at radius 3 is 2.42 bits per heavy atom. The summed E-state index contributed by atoms with van der Waals surface area (Å²) in [4.78, 5) is 7.17. The normalized spacial score (nSPS) is 15.0. The number of sulfone groups is 1. The Balaban J connectivity index is 1.41. The van der Waals surface area contributed by atoms with Crippen LogP contribution < -0.4 is 14.4 Å². The van der Waals surface area contributed by atoms with Crippen molar-refractivity contribution < 1.29 is 17.9 Å². The van der Waals surface area contributed by atoms with E-state index in [4.69, 9.17) is 37.7 Å². The largest absolute Gasteiger partial charge is 0.493 e. The number of halogens is 2. The molecule has 2 aromatic carbocycles. The minimum Gasteiger partial charge on any atom is -0.493 e. The maximum atomic E-state index is 13.2. The SMILES string of the molecule is COc1ccc(S(=O)(=O)C2CCN(c3nc(Cc4ccc(Cl)c(Cl)c4)cs3)CC2)cc1OC. The average molecular weight is 527 g/mol. The van der Waals surface area contributed by atoms with Gasteiger partial charge < -0.3 is 14.4 Å². The van der Waals surface area contributed by atoms with Crippen LogP contribution >= 0.6 is 34.5 Å². The molecular formula is C23H24Cl2N2O4S2. The third kappa shape index (κ3) is 5.24. The van der Waals surface area contributed by atoms with Crippen LogP contribution in [0.5, 0.6) is 11.5 Å². The second-order valence-electron chi connectivity index (χ2n) is 7.79. The number of aromatic nitrogens is 1. The Bertz CT molecular complexity index is 1240. The zero-order chi connectivity index (χ0) is 23.6. The smallest absolute Gasteiger partial charge is 0.185 e. The average Bonchev–Trinajstić information content (AvgIpc) is 3.29. The molecule has 3 aromatic rings. The molecule has 1 aliphatic rings. The van der Waals surface area contributed by atoms with Gasteiger partial charge in [0.25, 0.3) is 0 Å². The molecule has 1 aliphatic heterocycles. The molecule has 0 aliphatic carbocycles. The molecule has 0 saturated carbocycles. The van der Waals surface area contributed by atoms with Crippen LogP contribution in [0.1, 0.15) is 24.1 Å². The first kappa shape index (κ1) is 24.1. The molecule has 0 atom stereocenters. The molecule has 0 unspecified atom stereocenters. The number of hydrogen-bond acceptors (Lipinski definition) is 7. The molecule has 1 saturated heterocycles. The summed E-state index contributed by atoms with van der Waals surface area (Å²) in [5.74, 6) is 0.917. The molecule has 4 rings (SSSR count). The van der Waals surface area contributed by atoms with Gasteiger partial charge in [-0.2, -0.15) is 0 Å². The van der Waals surface area contributed by atoms with Gasteiger partial charge in [-0.1, -0.05) is 29.3 Å². The first-order chi connectivity index (χ1) is 15.8. The quantitative estimate of drug-likeness (QED) is 0.404. The lowest BCUT2D eigenvalue weighted by Gasteiger charge is -2.31. The monoisotopic (exact) mass is 526 g/mol. The van der Waals surface area contributed by atoms with Gasteiger partial charge in [-0.3, -0.25) is 0 Å². The molecule has 1 aromatic heterocycles. The van der Waals surface area contributed by atoms with Crippen molar-refractivity contribution in [1.82, 2.24) is 4.98 Å². The van der Waals surface area contributed by atoms with Crippen LogP contribution in [0.25, 0.3) is 0 Å². The first-order valence-electron chi connectivity index (χ1n) is 10.4. The zero-order valence-corrected chi connectivity index (χ0v) is 21.4. The summed E-state index contributed by atoms with van der Waals surface area (Å²) >= 11 is 13.7. The van der Waals surface area contributed by atoms with Gasteiger partial charge in [0.05, 0.1) is 40.1 Å². The number of methoxy groups -OCH3 is 2. The highest BCUT2D eigenvalue weighted by atomic mass is 35.5. The Morgan fingerprint density at radius 1 is 1.03 bits per heavy atom. The van der Waals surface area contributed by atoms with Crippen LogP contribution in [0.2, 0.25) is 10.0 Å². The summed E-state index contributed by atoms with van der Waals surface area (Å²) < 4.78 is 36.9. The summed E-state index contributed by atoms with van der Waals surface area (Å²) in [5, 5.41) is 3.56. The van der Waals surface area contributed by atoms with E-state index in [1.165, 1.54) is 20.3 Å². The van der Waals surface area contributed by atoms with E-state index in [1.807, 2.05) is 17.5 Å². The van der Waals surface area contributed by atoms with E-state index >= 15 is 0 Å². The zero-order valence-electron chi connectivity index (χ0n) is 18.3. The molecule has 6 nitrogen and oxygen atoms in total. The van der Waals surface area contributed by atoms with Crippen LogP contribution in [-0.2, 0) is 16.3 Å². The Hall–Kier alpha value is -2.00. The van der Waals surface area contributed by atoms with Crippen LogP contribution in [0.4, 0.5) is 5.13 Å². The molecule has 176 valence electrons. The molecule has 0 radical (unpaired) electrons. The molecule has 2 heterocycles. The van der Waals surface area contributed by atoms with Crippen molar-refractivity contribution in [2.24, 2.45) is 0 Å². The third-order valence-electron chi connectivity index (χ3n) is 5.74. The molecule has 33 heavy (non-hydrogen) atoms. The number of ether oxygens (including phenoxy) is 2. The number of rotatable bonds is 7. The molecule has 1 fully saturated rings. The van der Waals surface area contributed by atoms with Crippen molar-refractivity contribution in [1.29, 1.82) is 0 Å². The number of thiazole rings is 1. The van der Waals surface area contributed by atoms with Gasteiger partial charge in [0.15, 0.2) is 26.5 Å². The summed E-state index contributed by atoms with van der Waals surface area (Å²) in [6, 6.07) is 10.3. The van der Waals surface area contributed by atoms with E-state index in [0.29, 0.717) is 53.9 Å². The van der Waals surface area contributed by atoms with E-state index in [-0.39, 0.29) is 4.90 Å². The van der Waals surface area contributed by atoms with Crippen molar-refractivity contribution in [3.63, 3.8) is 0 Å². The molecule has 0 bridgehead atoms. The van der Waals surface area contributed by atoms with Crippen molar-refractivity contribution in [3.8, 4) is 11.5 Å². The topological polar surface area (TPSA) is 68.7 Å². The lowest BCUT2D eigenvalue weighted by molar-refractivity contribution is 0.354. The summed E-state index contributed by atoms with van der Waals surface area (Å²) in [6.07, 6.45) is 1.74. The lowest BCUT2D eigenvalue weighted by Crippen LogP contribution is -2.39. The van der Waals surface area contributed by atoms with Crippen LogP contribution in [0.15, 0.2) is 46.7 Å². The Kier molecular flexibility index (Phi) is 7.38. The van der Waals surface area contributed by atoms with Crippen molar-refractivity contribution >= 4 is 49.5 Å². The minimum absolute atomic E-state index is 0.261. The van der Waals surface area contributed by atoms with E-state index in [0.717, 1.165) is 16.4 Å². The second kappa shape index (κ2) is 10.1.